The molecule has 4 aromatic rings. The molecule has 0 saturated heterocycles. The van der Waals surface area contributed by atoms with E-state index in [1.807, 2.05) is 68.6 Å². The third-order valence-electron chi connectivity index (χ3n) is 4.72. The molecular formula is C20H19N5O. The number of rotatable bonds is 4. The summed E-state index contributed by atoms with van der Waals surface area (Å²) in [6.45, 7) is 2.02. The van der Waals surface area contributed by atoms with Gasteiger partial charge in [-0.05, 0) is 36.8 Å². The molecule has 4 rings (SSSR count). The quantitative estimate of drug-likeness (QED) is 0.615. The van der Waals surface area contributed by atoms with Crippen molar-refractivity contribution in [3.63, 3.8) is 0 Å². The van der Waals surface area contributed by atoms with E-state index in [1.165, 1.54) is 6.33 Å². The molecule has 0 aliphatic heterocycles. The van der Waals surface area contributed by atoms with Gasteiger partial charge in [0.05, 0.1) is 11.7 Å². The highest BCUT2D eigenvalue weighted by molar-refractivity contribution is 5.98. The number of amides is 1. The maximum atomic E-state index is 12.9. The number of aromatic amines is 1. The molecular weight excluding hydrogens is 326 g/mol. The number of carbonyl (C=O) groups excluding carboxylic acids is 1. The second kappa shape index (κ2) is 6.48. The van der Waals surface area contributed by atoms with Crippen LogP contribution in [0.5, 0.6) is 0 Å². The Kier molecular flexibility index (Phi) is 4.01. The minimum atomic E-state index is -0.0568. The lowest BCUT2D eigenvalue weighted by Crippen LogP contribution is -2.29. The van der Waals surface area contributed by atoms with Gasteiger partial charge in [-0.2, -0.15) is 5.10 Å². The molecule has 1 N–H and O–H groups in total. The van der Waals surface area contributed by atoms with Gasteiger partial charge in [0, 0.05) is 18.0 Å². The zero-order valence-corrected chi connectivity index (χ0v) is 14.6. The fourth-order valence-corrected chi connectivity index (χ4v) is 3.03. The van der Waals surface area contributed by atoms with Gasteiger partial charge in [-0.15, -0.1) is 0 Å². The van der Waals surface area contributed by atoms with Crippen molar-refractivity contribution in [1.82, 2.24) is 24.6 Å². The maximum absolute atomic E-state index is 12.9. The summed E-state index contributed by atoms with van der Waals surface area (Å²) in [4.78, 5) is 21.8. The third-order valence-corrected chi connectivity index (χ3v) is 4.72. The molecule has 0 fully saturated rings. The SMILES string of the molecule is C[C@H](c1ccc(-n2cncn2)cc1)N(C)C(=O)c1cc2ccccc2[nH]1. The number of para-hydroxylation sites is 1. The summed E-state index contributed by atoms with van der Waals surface area (Å²) in [5, 5.41) is 5.16. The minimum absolute atomic E-state index is 0.0333. The molecule has 130 valence electrons. The van der Waals surface area contributed by atoms with E-state index < -0.39 is 0 Å². The van der Waals surface area contributed by atoms with E-state index >= 15 is 0 Å². The third kappa shape index (κ3) is 2.86. The molecule has 0 radical (unpaired) electrons. The molecule has 0 spiro atoms. The zero-order chi connectivity index (χ0) is 18.1. The summed E-state index contributed by atoms with van der Waals surface area (Å²) < 4.78 is 1.70. The van der Waals surface area contributed by atoms with Gasteiger partial charge in [-0.3, -0.25) is 4.79 Å². The van der Waals surface area contributed by atoms with Crippen LogP contribution in [-0.4, -0.2) is 37.6 Å². The van der Waals surface area contributed by atoms with Crippen LogP contribution in [0.15, 0.2) is 67.3 Å². The first-order valence-corrected chi connectivity index (χ1v) is 8.43. The van der Waals surface area contributed by atoms with Crippen LogP contribution in [0, 0.1) is 0 Å². The lowest BCUT2D eigenvalue weighted by Gasteiger charge is -2.25. The van der Waals surface area contributed by atoms with Crippen LogP contribution in [0.25, 0.3) is 16.6 Å². The van der Waals surface area contributed by atoms with Crippen LogP contribution >= 0.6 is 0 Å². The van der Waals surface area contributed by atoms with E-state index in [1.54, 1.807) is 15.9 Å². The Hall–Kier alpha value is -3.41. The van der Waals surface area contributed by atoms with E-state index in [0.29, 0.717) is 5.69 Å². The summed E-state index contributed by atoms with van der Waals surface area (Å²) in [7, 11) is 1.82. The number of hydrogen-bond donors (Lipinski definition) is 1. The normalized spacial score (nSPS) is 12.2. The van der Waals surface area contributed by atoms with Gasteiger partial charge in [-0.25, -0.2) is 9.67 Å². The lowest BCUT2D eigenvalue weighted by atomic mass is 10.1. The molecule has 6 nitrogen and oxygen atoms in total. The predicted octanol–water partition coefficient (Wildman–Crippen LogP) is 3.58. The van der Waals surface area contributed by atoms with E-state index in [2.05, 4.69) is 15.1 Å². The average Bonchev–Trinajstić information content (AvgIpc) is 3.36. The van der Waals surface area contributed by atoms with Crippen molar-refractivity contribution in [2.45, 2.75) is 13.0 Å². The monoisotopic (exact) mass is 345 g/mol. The van der Waals surface area contributed by atoms with E-state index in [4.69, 9.17) is 0 Å². The van der Waals surface area contributed by atoms with Crippen molar-refractivity contribution < 1.29 is 4.79 Å². The van der Waals surface area contributed by atoms with Gasteiger partial charge in [0.25, 0.3) is 5.91 Å². The van der Waals surface area contributed by atoms with E-state index in [-0.39, 0.29) is 11.9 Å². The number of nitrogens with zero attached hydrogens (tertiary/aromatic N) is 4. The number of fused-ring (bicyclic) bond motifs is 1. The first kappa shape index (κ1) is 16.1. The number of nitrogens with one attached hydrogen (secondary N) is 1. The van der Waals surface area contributed by atoms with Crippen molar-refractivity contribution in [2.24, 2.45) is 0 Å². The second-order valence-electron chi connectivity index (χ2n) is 6.29. The van der Waals surface area contributed by atoms with Gasteiger partial charge in [0.15, 0.2) is 0 Å². The molecule has 6 heteroatoms. The number of H-pyrrole nitrogens is 1. The van der Waals surface area contributed by atoms with E-state index in [0.717, 1.165) is 22.2 Å². The zero-order valence-electron chi connectivity index (χ0n) is 14.6. The van der Waals surface area contributed by atoms with E-state index in [9.17, 15) is 4.79 Å². The minimum Gasteiger partial charge on any atom is -0.351 e. The van der Waals surface area contributed by atoms with Crippen LogP contribution in [0.1, 0.15) is 29.0 Å². The Morgan fingerprint density at radius 3 is 2.62 bits per heavy atom. The summed E-state index contributed by atoms with van der Waals surface area (Å²) >= 11 is 0. The molecule has 2 aromatic heterocycles. The fraction of sp³-hybridized carbons (Fsp3) is 0.150. The first-order valence-electron chi connectivity index (χ1n) is 8.43. The highest BCUT2D eigenvalue weighted by Crippen LogP contribution is 2.23. The maximum Gasteiger partial charge on any atom is 0.270 e. The van der Waals surface area contributed by atoms with Crippen LogP contribution in [0.2, 0.25) is 0 Å². The van der Waals surface area contributed by atoms with Crippen LogP contribution in [0.3, 0.4) is 0 Å². The summed E-state index contributed by atoms with van der Waals surface area (Å²) in [5.41, 5.74) is 3.55. The molecule has 0 saturated carbocycles. The number of carbonyl (C=O) groups is 1. The Bertz CT molecular complexity index is 1000. The Morgan fingerprint density at radius 2 is 1.92 bits per heavy atom. The van der Waals surface area contributed by atoms with Gasteiger partial charge in [0.1, 0.15) is 18.3 Å². The van der Waals surface area contributed by atoms with Gasteiger partial charge < -0.3 is 9.88 Å². The predicted molar refractivity (Wildman–Crippen MR) is 100 cm³/mol. The van der Waals surface area contributed by atoms with Crippen LogP contribution < -0.4 is 0 Å². The van der Waals surface area contributed by atoms with Crippen LogP contribution in [-0.2, 0) is 0 Å². The molecule has 0 aliphatic rings. The Labute approximate surface area is 151 Å². The summed E-state index contributed by atoms with van der Waals surface area (Å²) in [6, 6.07) is 17.7. The largest absolute Gasteiger partial charge is 0.351 e. The molecule has 0 bridgehead atoms. The first-order chi connectivity index (χ1) is 12.6. The number of benzene rings is 2. The lowest BCUT2D eigenvalue weighted by molar-refractivity contribution is 0.0737. The Morgan fingerprint density at radius 1 is 1.15 bits per heavy atom. The van der Waals surface area contributed by atoms with Gasteiger partial charge in [0.2, 0.25) is 0 Å². The molecule has 0 aliphatic carbocycles. The number of hydrogen-bond acceptors (Lipinski definition) is 3. The van der Waals surface area contributed by atoms with Gasteiger partial charge >= 0.3 is 0 Å². The highest BCUT2D eigenvalue weighted by atomic mass is 16.2. The van der Waals surface area contributed by atoms with Crippen molar-refractivity contribution in [1.29, 1.82) is 0 Å². The van der Waals surface area contributed by atoms with Crippen molar-refractivity contribution >= 4 is 16.8 Å². The highest BCUT2D eigenvalue weighted by Gasteiger charge is 2.20. The van der Waals surface area contributed by atoms with Crippen molar-refractivity contribution in [2.75, 3.05) is 7.05 Å². The topological polar surface area (TPSA) is 66.8 Å². The molecule has 26 heavy (non-hydrogen) atoms. The molecule has 0 unspecified atom stereocenters. The number of aromatic nitrogens is 4. The average molecular weight is 345 g/mol. The molecule has 1 amide bonds. The second-order valence-corrected chi connectivity index (χ2v) is 6.29. The molecule has 2 heterocycles. The van der Waals surface area contributed by atoms with Crippen molar-refractivity contribution in [3.05, 3.63) is 78.5 Å². The molecule has 2 aromatic carbocycles. The van der Waals surface area contributed by atoms with Crippen LogP contribution in [0.4, 0.5) is 0 Å². The summed E-state index contributed by atoms with van der Waals surface area (Å²) in [6.07, 6.45) is 3.16. The standard InChI is InChI=1S/C20H19N5O/c1-14(15-7-9-17(10-8-15)25-13-21-12-22-25)24(2)20(26)19-11-16-5-3-4-6-18(16)23-19/h3-14,23H,1-2H3/t14-/m1/s1. The smallest absolute Gasteiger partial charge is 0.270 e. The summed E-state index contributed by atoms with van der Waals surface area (Å²) in [5.74, 6) is -0.0333. The Balaban J connectivity index is 1.55. The van der Waals surface area contributed by atoms with Gasteiger partial charge in [-0.1, -0.05) is 30.3 Å². The fourth-order valence-electron chi connectivity index (χ4n) is 3.03. The molecule has 1 atom stereocenters. The van der Waals surface area contributed by atoms with Crippen molar-refractivity contribution in [3.8, 4) is 5.69 Å².